The molecule has 0 bridgehead atoms. The minimum Gasteiger partial charge on any atom is -0.497 e. The monoisotopic (exact) mass is 370 g/mol. The number of carbonyl (C=O) groups excluding carboxylic acids is 1. The first-order chi connectivity index (χ1) is 13.0. The summed E-state index contributed by atoms with van der Waals surface area (Å²) in [6.45, 7) is 4.59. The number of rotatable bonds is 4. The van der Waals surface area contributed by atoms with Crippen molar-refractivity contribution in [1.82, 2.24) is 14.9 Å². The van der Waals surface area contributed by atoms with Gasteiger partial charge < -0.3 is 24.8 Å². The maximum atomic E-state index is 12.5. The number of carbonyl (C=O) groups is 1. The van der Waals surface area contributed by atoms with Gasteiger partial charge in [0, 0.05) is 63.8 Å². The molecule has 0 unspecified atom stereocenters. The van der Waals surface area contributed by atoms with Gasteiger partial charge in [0.25, 0.3) is 0 Å². The molecule has 3 rings (SSSR count). The molecule has 1 aromatic heterocycles. The number of anilines is 3. The van der Waals surface area contributed by atoms with E-state index in [9.17, 15) is 4.79 Å². The Morgan fingerprint density at radius 1 is 1.15 bits per heavy atom. The van der Waals surface area contributed by atoms with Crippen LogP contribution < -0.4 is 19.9 Å². The molecule has 1 saturated heterocycles. The average Bonchev–Trinajstić information content (AvgIpc) is 2.67. The van der Waals surface area contributed by atoms with E-state index in [2.05, 4.69) is 20.2 Å². The second kappa shape index (κ2) is 8.11. The molecular weight excluding hydrogens is 344 g/mol. The minimum atomic E-state index is -0.109. The van der Waals surface area contributed by atoms with Crippen LogP contribution in [-0.4, -0.2) is 68.3 Å². The summed E-state index contributed by atoms with van der Waals surface area (Å²) >= 11 is 0. The molecule has 1 aliphatic heterocycles. The molecule has 0 aliphatic carbocycles. The Hall–Kier alpha value is -3.03. The number of amides is 2. The zero-order valence-electron chi connectivity index (χ0n) is 16.3. The minimum absolute atomic E-state index is 0.109. The molecule has 8 nitrogen and oxygen atoms in total. The molecular formula is C19H26N6O2. The summed E-state index contributed by atoms with van der Waals surface area (Å²) in [6, 6.07) is 9.20. The van der Waals surface area contributed by atoms with Gasteiger partial charge >= 0.3 is 6.03 Å². The van der Waals surface area contributed by atoms with Crippen LogP contribution in [0.25, 0.3) is 0 Å². The van der Waals surface area contributed by atoms with Gasteiger partial charge in [0.1, 0.15) is 11.6 Å². The summed E-state index contributed by atoms with van der Waals surface area (Å²) in [7, 11) is 5.54. The molecule has 1 fully saturated rings. The van der Waals surface area contributed by atoms with Crippen LogP contribution in [0, 0.1) is 6.92 Å². The Morgan fingerprint density at radius 3 is 2.56 bits per heavy atom. The van der Waals surface area contributed by atoms with Crippen LogP contribution in [0.1, 0.15) is 5.69 Å². The van der Waals surface area contributed by atoms with Crippen LogP contribution in [0.3, 0.4) is 0 Å². The van der Waals surface area contributed by atoms with E-state index in [0.29, 0.717) is 37.9 Å². The van der Waals surface area contributed by atoms with Gasteiger partial charge in [0.15, 0.2) is 0 Å². The number of benzene rings is 1. The third-order valence-corrected chi connectivity index (χ3v) is 4.46. The number of methoxy groups -OCH3 is 1. The average molecular weight is 370 g/mol. The fourth-order valence-electron chi connectivity index (χ4n) is 2.92. The normalized spacial score (nSPS) is 14.1. The number of aryl methyl sites for hydroxylation is 1. The van der Waals surface area contributed by atoms with Crippen LogP contribution in [-0.2, 0) is 0 Å². The van der Waals surface area contributed by atoms with Gasteiger partial charge in [0.05, 0.1) is 7.11 Å². The third kappa shape index (κ3) is 4.58. The highest BCUT2D eigenvalue weighted by Gasteiger charge is 2.23. The fraction of sp³-hybridized carbons (Fsp3) is 0.421. The van der Waals surface area contributed by atoms with E-state index in [1.54, 1.807) is 18.1 Å². The lowest BCUT2D eigenvalue weighted by Crippen LogP contribution is -2.50. The first-order valence-corrected chi connectivity index (χ1v) is 8.94. The van der Waals surface area contributed by atoms with Crippen molar-refractivity contribution in [3.63, 3.8) is 0 Å². The maximum Gasteiger partial charge on any atom is 0.321 e. The number of nitrogens with zero attached hydrogens (tertiary/aromatic N) is 5. The Kier molecular flexibility index (Phi) is 5.63. The molecule has 1 aromatic carbocycles. The molecule has 0 atom stereocenters. The highest BCUT2D eigenvalue weighted by Crippen LogP contribution is 2.19. The van der Waals surface area contributed by atoms with Gasteiger partial charge in [-0.3, -0.25) is 0 Å². The van der Waals surface area contributed by atoms with E-state index < -0.39 is 0 Å². The summed E-state index contributed by atoms with van der Waals surface area (Å²) in [5.74, 6) is 2.31. The molecule has 8 heteroatoms. The second-order valence-corrected chi connectivity index (χ2v) is 6.70. The molecule has 0 saturated carbocycles. The molecule has 0 radical (unpaired) electrons. The molecule has 2 amide bonds. The molecule has 0 spiro atoms. The van der Waals surface area contributed by atoms with Crippen LogP contribution in [0.5, 0.6) is 5.75 Å². The molecule has 2 aromatic rings. The van der Waals surface area contributed by atoms with Crippen LogP contribution in [0.4, 0.5) is 22.2 Å². The van der Waals surface area contributed by atoms with E-state index in [-0.39, 0.29) is 6.03 Å². The Bertz CT molecular complexity index is 803. The summed E-state index contributed by atoms with van der Waals surface area (Å²) in [5, 5.41) is 2.92. The molecule has 1 aliphatic rings. The van der Waals surface area contributed by atoms with Crippen molar-refractivity contribution in [2.75, 3.05) is 62.5 Å². The van der Waals surface area contributed by atoms with E-state index in [1.807, 2.05) is 50.2 Å². The number of hydrogen-bond acceptors (Lipinski definition) is 6. The van der Waals surface area contributed by atoms with Crippen LogP contribution in [0.15, 0.2) is 30.3 Å². The number of nitrogens with one attached hydrogen (secondary N) is 1. The smallest absolute Gasteiger partial charge is 0.321 e. The highest BCUT2D eigenvalue weighted by molar-refractivity contribution is 5.89. The van der Waals surface area contributed by atoms with Gasteiger partial charge in [-0.15, -0.1) is 0 Å². The molecule has 144 valence electrons. The van der Waals surface area contributed by atoms with Crippen molar-refractivity contribution in [1.29, 1.82) is 0 Å². The largest absolute Gasteiger partial charge is 0.497 e. The van der Waals surface area contributed by atoms with E-state index in [0.717, 1.165) is 17.2 Å². The van der Waals surface area contributed by atoms with Gasteiger partial charge in [0.2, 0.25) is 5.95 Å². The van der Waals surface area contributed by atoms with Crippen molar-refractivity contribution >= 4 is 23.5 Å². The number of piperazine rings is 1. The summed E-state index contributed by atoms with van der Waals surface area (Å²) in [5.41, 5.74) is 1.65. The van der Waals surface area contributed by atoms with Crippen molar-refractivity contribution in [2.24, 2.45) is 0 Å². The first-order valence-electron chi connectivity index (χ1n) is 8.94. The quantitative estimate of drug-likeness (QED) is 0.890. The Labute approximate surface area is 159 Å². The Morgan fingerprint density at radius 2 is 1.89 bits per heavy atom. The van der Waals surface area contributed by atoms with Gasteiger partial charge in [-0.1, -0.05) is 6.07 Å². The van der Waals surface area contributed by atoms with Crippen molar-refractivity contribution < 1.29 is 9.53 Å². The SMILES string of the molecule is COc1cccc(NC(=O)N2CCN(c3nc(C)cc(N(C)C)n3)CC2)c1. The number of aromatic nitrogens is 2. The van der Waals surface area contributed by atoms with Gasteiger partial charge in [-0.05, 0) is 19.1 Å². The number of urea groups is 1. The lowest BCUT2D eigenvalue weighted by atomic mass is 10.3. The summed E-state index contributed by atoms with van der Waals surface area (Å²) in [4.78, 5) is 27.6. The van der Waals surface area contributed by atoms with Crippen LogP contribution >= 0.6 is 0 Å². The predicted molar refractivity (Wildman–Crippen MR) is 107 cm³/mol. The van der Waals surface area contributed by atoms with E-state index >= 15 is 0 Å². The van der Waals surface area contributed by atoms with E-state index in [1.165, 1.54) is 0 Å². The van der Waals surface area contributed by atoms with Crippen molar-refractivity contribution in [3.8, 4) is 5.75 Å². The summed E-state index contributed by atoms with van der Waals surface area (Å²) < 4.78 is 5.19. The lowest BCUT2D eigenvalue weighted by molar-refractivity contribution is 0.208. The zero-order valence-corrected chi connectivity index (χ0v) is 16.3. The fourth-order valence-corrected chi connectivity index (χ4v) is 2.92. The van der Waals surface area contributed by atoms with Crippen LogP contribution in [0.2, 0.25) is 0 Å². The number of ether oxygens (including phenoxy) is 1. The topological polar surface area (TPSA) is 73.8 Å². The van der Waals surface area contributed by atoms with Gasteiger partial charge in [-0.2, -0.15) is 4.98 Å². The van der Waals surface area contributed by atoms with E-state index in [4.69, 9.17) is 4.74 Å². The second-order valence-electron chi connectivity index (χ2n) is 6.70. The predicted octanol–water partition coefficient (Wildman–Crippen LogP) is 2.21. The third-order valence-electron chi connectivity index (χ3n) is 4.46. The van der Waals surface area contributed by atoms with Crippen molar-refractivity contribution in [2.45, 2.75) is 6.92 Å². The molecule has 2 heterocycles. The summed E-state index contributed by atoms with van der Waals surface area (Å²) in [6.07, 6.45) is 0. The highest BCUT2D eigenvalue weighted by atomic mass is 16.5. The van der Waals surface area contributed by atoms with Crippen molar-refractivity contribution in [3.05, 3.63) is 36.0 Å². The Balaban J connectivity index is 1.60. The first kappa shape index (κ1) is 18.8. The molecule has 1 N–H and O–H groups in total. The maximum absolute atomic E-state index is 12.5. The standard InChI is InChI=1S/C19H26N6O2/c1-14-12-17(23(2)3)22-18(20-14)24-8-10-25(11-9-24)19(26)21-15-6-5-7-16(13-15)27-4/h5-7,12-13H,8-11H2,1-4H3,(H,21,26). The number of hydrogen-bond donors (Lipinski definition) is 1. The van der Waals surface area contributed by atoms with Gasteiger partial charge in [-0.25, -0.2) is 9.78 Å². The lowest BCUT2D eigenvalue weighted by Gasteiger charge is -2.35. The molecule has 27 heavy (non-hydrogen) atoms. The zero-order chi connectivity index (χ0) is 19.4.